The monoisotopic (exact) mass is 356 g/mol. The van der Waals surface area contributed by atoms with Gasteiger partial charge in [0.1, 0.15) is 0 Å². The molecule has 0 radical (unpaired) electrons. The summed E-state index contributed by atoms with van der Waals surface area (Å²) in [6.07, 6.45) is 0.698. The first kappa shape index (κ1) is 14.8. The van der Waals surface area contributed by atoms with Crippen molar-refractivity contribution in [2.45, 2.75) is 17.9 Å². The molecule has 0 fully saturated rings. The SMILES string of the molecule is O=S(=O)(c1ccc2c(c1)OCO2)N1CCc2c([nH]c3ccccc23)C1. The number of para-hydroxylation sites is 1. The van der Waals surface area contributed by atoms with Crippen LogP contribution < -0.4 is 9.47 Å². The van der Waals surface area contributed by atoms with E-state index in [-0.39, 0.29) is 11.7 Å². The minimum absolute atomic E-state index is 0.126. The minimum atomic E-state index is -3.59. The average molecular weight is 356 g/mol. The zero-order valence-electron chi connectivity index (χ0n) is 13.4. The third-order valence-corrected chi connectivity index (χ3v) is 6.67. The van der Waals surface area contributed by atoms with Crippen LogP contribution in [0.4, 0.5) is 0 Å². The maximum atomic E-state index is 13.0. The van der Waals surface area contributed by atoms with E-state index < -0.39 is 10.0 Å². The Balaban J connectivity index is 1.51. The number of ether oxygens (including phenoxy) is 2. The van der Waals surface area contributed by atoms with Crippen molar-refractivity contribution < 1.29 is 17.9 Å². The molecule has 3 heterocycles. The molecular weight excluding hydrogens is 340 g/mol. The summed E-state index contributed by atoms with van der Waals surface area (Å²) in [5.74, 6) is 1.06. The Labute approximate surface area is 145 Å². The molecule has 1 aromatic heterocycles. The van der Waals surface area contributed by atoms with Gasteiger partial charge in [0.25, 0.3) is 0 Å². The molecule has 0 bridgehead atoms. The number of sulfonamides is 1. The average Bonchev–Trinajstić information content (AvgIpc) is 3.24. The number of aromatic nitrogens is 1. The van der Waals surface area contributed by atoms with Gasteiger partial charge in [-0.2, -0.15) is 4.31 Å². The van der Waals surface area contributed by atoms with Gasteiger partial charge in [-0.3, -0.25) is 0 Å². The van der Waals surface area contributed by atoms with Crippen molar-refractivity contribution in [2.75, 3.05) is 13.3 Å². The normalized spacial score (nSPS) is 17.0. The van der Waals surface area contributed by atoms with Gasteiger partial charge in [-0.25, -0.2) is 8.42 Å². The van der Waals surface area contributed by atoms with E-state index in [4.69, 9.17) is 9.47 Å². The third kappa shape index (κ3) is 2.23. The molecule has 0 aliphatic carbocycles. The first-order valence-electron chi connectivity index (χ1n) is 8.11. The fourth-order valence-electron chi connectivity index (χ4n) is 3.56. The highest BCUT2D eigenvalue weighted by Crippen LogP contribution is 2.36. The van der Waals surface area contributed by atoms with Crippen molar-refractivity contribution in [1.82, 2.24) is 9.29 Å². The number of fused-ring (bicyclic) bond motifs is 4. The van der Waals surface area contributed by atoms with Gasteiger partial charge < -0.3 is 14.5 Å². The molecule has 2 aliphatic rings. The number of hydrogen-bond donors (Lipinski definition) is 1. The van der Waals surface area contributed by atoms with Crippen LogP contribution in [0.1, 0.15) is 11.3 Å². The van der Waals surface area contributed by atoms with Crippen molar-refractivity contribution in [1.29, 1.82) is 0 Å². The van der Waals surface area contributed by atoms with Crippen molar-refractivity contribution >= 4 is 20.9 Å². The van der Waals surface area contributed by atoms with Crippen molar-refractivity contribution in [3.63, 3.8) is 0 Å². The van der Waals surface area contributed by atoms with E-state index in [1.165, 1.54) is 15.3 Å². The Morgan fingerprint density at radius 2 is 1.88 bits per heavy atom. The van der Waals surface area contributed by atoms with Crippen LogP contribution in [-0.2, 0) is 23.0 Å². The van der Waals surface area contributed by atoms with Gasteiger partial charge in [-0.05, 0) is 30.2 Å². The standard InChI is InChI=1S/C18H16N2O4S/c21-25(22,12-5-6-17-18(9-12)24-11-23-17)20-8-7-14-13-3-1-2-4-15(13)19-16(14)10-20/h1-6,9,19H,7-8,10-11H2. The molecule has 25 heavy (non-hydrogen) atoms. The quantitative estimate of drug-likeness (QED) is 0.766. The molecule has 3 aromatic rings. The largest absolute Gasteiger partial charge is 0.454 e. The van der Waals surface area contributed by atoms with Gasteiger partial charge in [0, 0.05) is 29.2 Å². The lowest BCUT2D eigenvalue weighted by Crippen LogP contribution is -2.35. The van der Waals surface area contributed by atoms with Gasteiger partial charge >= 0.3 is 0 Å². The zero-order valence-corrected chi connectivity index (χ0v) is 14.2. The van der Waals surface area contributed by atoms with Gasteiger partial charge in [0.15, 0.2) is 11.5 Å². The molecule has 0 spiro atoms. The van der Waals surface area contributed by atoms with Crippen molar-refractivity contribution in [3.8, 4) is 11.5 Å². The van der Waals surface area contributed by atoms with E-state index in [0.717, 1.165) is 11.2 Å². The maximum Gasteiger partial charge on any atom is 0.243 e. The summed E-state index contributed by atoms with van der Waals surface area (Å²) in [6, 6.07) is 12.8. The molecule has 5 rings (SSSR count). The predicted octanol–water partition coefficient (Wildman–Crippen LogP) is 2.64. The van der Waals surface area contributed by atoms with E-state index in [2.05, 4.69) is 11.1 Å². The van der Waals surface area contributed by atoms with Crippen LogP contribution in [-0.4, -0.2) is 31.0 Å². The molecule has 2 aromatic carbocycles. The Morgan fingerprint density at radius 3 is 2.80 bits per heavy atom. The number of nitrogens with one attached hydrogen (secondary N) is 1. The number of H-pyrrole nitrogens is 1. The van der Waals surface area contributed by atoms with Crippen LogP contribution in [0.2, 0.25) is 0 Å². The van der Waals surface area contributed by atoms with Crippen LogP contribution in [0.3, 0.4) is 0 Å². The third-order valence-electron chi connectivity index (χ3n) is 4.83. The number of benzene rings is 2. The van der Waals surface area contributed by atoms with Gasteiger partial charge in [-0.1, -0.05) is 18.2 Å². The fraction of sp³-hybridized carbons (Fsp3) is 0.222. The lowest BCUT2D eigenvalue weighted by atomic mass is 10.1. The molecule has 0 amide bonds. The Kier molecular flexibility index (Phi) is 3.10. The summed E-state index contributed by atoms with van der Waals surface area (Å²) >= 11 is 0. The Hall–Kier alpha value is -2.51. The summed E-state index contributed by atoms with van der Waals surface area (Å²) in [4.78, 5) is 3.59. The highest BCUT2D eigenvalue weighted by atomic mass is 32.2. The first-order chi connectivity index (χ1) is 12.1. The van der Waals surface area contributed by atoms with Crippen LogP contribution in [0.25, 0.3) is 10.9 Å². The van der Waals surface area contributed by atoms with E-state index >= 15 is 0 Å². The minimum Gasteiger partial charge on any atom is -0.454 e. The lowest BCUT2D eigenvalue weighted by Gasteiger charge is -2.26. The molecule has 6 nitrogen and oxygen atoms in total. The molecule has 0 unspecified atom stereocenters. The first-order valence-corrected chi connectivity index (χ1v) is 9.55. The summed E-state index contributed by atoms with van der Waals surface area (Å²) in [5, 5.41) is 1.18. The topological polar surface area (TPSA) is 71.6 Å². The Morgan fingerprint density at radius 1 is 1.04 bits per heavy atom. The van der Waals surface area contributed by atoms with Gasteiger partial charge in [-0.15, -0.1) is 0 Å². The maximum absolute atomic E-state index is 13.0. The highest BCUT2D eigenvalue weighted by Gasteiger charge is 2.31. The zero-order chi connectivity index (χ0) is 17.0. The van der Waals surface area contributed by atoms with Gasteiger partial charge in [0.2, 0.25) is 16.8 Å². The summed E-state index contributed by atoms with van der Waals surface area (Å²) < 4.78 is 38.1. The number of rotatable bonds is 2. The summed E-state index contributed by atoms with van der Waals surface area (Å²) in [5.41, 5.74) is 3.24. The molecule has 0 saturated heterocycles. The summed E-state index contributed by atoms with van der Waals surface area (Å²) in [7, 11) is -3.59. The predicted molar refractivity (Wildman–Crippen MR) is 92.2 cm³/mol. The van der Waals surface area contributed by atoms with E-state index in [9.17, 15) is 8.42 Å². The second-order valence-electron chi connectivity index (χ2n) is 6.23. The number of aromatic amines is 1. The molecule has 1 N–H and O–H groups in total. The smallest absolute Gasteiger partial charge is 0.243 e. The number of hydrogen-bond acceptors (Lipinski definition) is 4. The van der Waals surface area contributed by atoms with Crippen molar-refractivity contribution in [2.24, 2.45) is 0 Å². The van der Waals surface area contributed by atoms with Crippen LogP contribution in [0, 0.1) is 0 Å². The van der Waals surface area contributed by atoms with Crippen molar-refractivity contribution in [3.05, 3.63) is 53.7 Å². The second-order valence-corrected chi connectivity index (χ2v) is 8.17. The van der Waals surface area contributed by atoms with E-state index in [0.29, 0.717) is 31.0 Å². The van der Waals surface area contributed by atoms with Gasteiger partial charge in [0.05, 0.1) is 11.4 Å². The lowest BCUT2D eigenvalue weighted by molar-refractivity contribution is 0.174. The number of nitrogens with zero attached hydrogens (tertiary/aromatic N) is 1. The molecule has 0 atom stereocenters. The van der Waals surface area contributed by atoms with Crippen LogP contribution in [0.5, 0.6) is 11.5 Å². The second kappa shape index (κ2) is 5.24. The molecular formula is C18H16N2O4S. The fourth-order valence-corrected chi connectivity index (χ4v) is 4.98. The van der Waals surface area contributed by atoms with Crippen LogP contribution in [0.15, 0.2) is 47.4 Å². The van der Waals surface area contributed by atoms with Crippen LogP contribution >= 0.6 is 0 Å². The molecule has 2 aliphatic heterocycles. The highest BCUT2D eigenvalue weighted by molar-refractivity contribution is 7.89. The molecule has 128 valence electrons. The summed E-state index contributed by atoms with van der Waals surface area (Å²) in [6.45, 7) is 0.938. The Bertz CT molecular complexity index is 1090. The molecule has 7 heteroatoms. The van der Waals surface area contributed by atoms with E-state index in [1.807, 2.05) is 18.2 Å². The van der Waals surface area contributed by atoms with E-state index in [1.54, 1.807) is 18.2 Å². The molecule has 0 saturated carbocycles.